The molecular weight excluding hydrogens is 358 g/mol. The van der Waals surface area contributed by atoms with Crippen molar-refractivity contribution in [2.45, 2.75) is 12.3 Å². The number of benzene rings is 1. The third-order valence-corrected chi connectivity index (χ3v) is 5.03. The summed E-state index contributed by atoms with van der Waals surface area (Å²) in [4.78, 5) is 0. The van der Waals surface area contributed by atoms with E-state index >= 15 is 0 Å². The van der Waals surface area contributed by atoms with Crippen LogP contribution in [0.2, 0.25) is 0 Å². The van der Waals surface area contributed by atoms with Crippen molar-refractivity contribution >= 4 is 21.4 Å². The standard InChI is InChI=1S/C14H12F2N4O2S2/c15-11-3-10(4-12(16)5-11)9-24(21,22)17-6-13-7-20(19-18-13)14-1-2-23-8-14/h1-5,7-8,17H,6,9H2. The van der Waals surface area contributed by atoms with Gasteiger partial charge in [-0.25, -0.2) is 26.6 Å². The highest BCUT2D eigenvalue weighted by atomic mass is 32.2. The lowest BCUT2D eigenvalue weighted by Crippen LogP contribution is -2.25. The monoisotopic (exact) mass is 370 g/mol. The highest BCUT2D eigenvalue weighted by Gasteiger charge is 2.14. The second-order valence-corrected chi connectivity index (χ2v) is 7.58. The van der Waals surface area contributed by atoms with Crippen LogP contribution in [0.3, 0.4) is 0 Å². The predicted octanol–water partition coefficient (Wildman–Crippen LogP) is 2.23. The van der Waals surface area contributed by atoms with E-state index in [0.29, 0.717) is 11.8 Å². The fraction of sp³-hybridized carbons (Fsp3) is 0.143. The van der Waals surface area contributed by atoms with Crippen molar-refractivity contribution < 1.29 is 17.2 Å². The van der Waals surface area contributed by atoms with Crippen molar-refractivity contribution in [2.75, 3.05) is 0 Å². The number of halogens is 2. The molecule has 0 amide bonds. The van der Waals surface area contributed by atoms with E-state index in [1.165, 1.54) is 16.0 Å². The largest absolute Gasteiger partial charge is 0.220 e. The van der Waals surface area contributed by atoms with Gasteiger partial charge in [-0.05, 0) is 29.1 Å². The summed E-state index contributed by atoms with van der Waals surface area (Å²) in [5, 5.41) is 11.5. The maximum atomic E-state index is 13.1. The average molecular weight is 370 g/mol. The van der Waals surface area contributed by atoms with Crippen molar-refractivity contribution in [3.63, 3.8) is 0 Å². The van der Waals surface area contributed by atoms with Crippen LogP contribution in [0.25, 0.3) is 5.69 Å². The highest BCUT2D eigenvalue weighted by Crippen LogP contribution is 2.12. The first kappa shape index (κ1) is 16.7. The predicted molar refractivity (Wildman–Crippen MR) is 85.1 cm³/mol. The number of nitrogens with zero attached hydrogens (tertiary/aromatic N) is 3. The molecule has 2 aromatic heterocycles. The number of hydrogen-bond donors (Lipinski definition) is 1. The molecule has 10 heteroatoms. The summed E-state index contributed by atoms with van der Waals surface area (Å²) in [6.07, 6.45) is 1.60. The van der Waals surface area contributed by atoms with Crippen LogP contribution in [0.15, 0.2) is 41.2 Å². The first-order valence-corrected chi connectivity index (χ1v) is 9.37. The van der Waals surface area contributed by atoms with Gasteiger partial charge in [0.05, 0.1) is 29.9 Å². The molecular formula is C14H12F2N4O2S2. The zero-order valence-corrected chi connectivity index (χ0v) is 13.8. The van der Waals surface area contributed by atoms with Gasteiger partial charge >= 0.3 is 0 Å². The minimum atomic E-state index is -3.77. The van der Waals surface area contributed by atoms with Crippen molar-refractivity contribution in [3.05, 3.63) is 64.1 Å². The van der Waals surface area contributed by atoms with Gasteiger partial charge in [0.25, 0.3) is 0 Å². The lowest BCUT2D eigenvalue weighted by atomic mass is 10.2. The molecule has 3 rings (SSSR count). The topological polar surface area (TPSA) is 76.9 Å². The van der Waals surface area contributed by atoms with Gasteiger partial charge in [-0.3, -0.25) is 0 Å². The number of nitrogens with one attached hydrogen (secondary N) is 1. The second-order valence-electron chi connectivity index (χ2n) is 4.99. The highest BCUT2D eigenvalue weighted by molar-refractivity contribution is 7.88. The first-order valence-electron chi connectivity index (χ1n) is 6.77. The Labute approximate surface area is 140 Å². The number of sulfonamides is 1. The van der Waals surface area contributed by atoms with Gasteiger partial charge in [-0.15, -0.1) is 5.10 Å². The minimum absolute atomic E-state index is 0.0296. The Morgan fingerprint density at radius 2 is 1.96 bits per heavy atom. The Balaban J connectivity index is 1.65. The number of aromatic nitrogens is 3. The number of hydrogen-bond acceptors (Lipinski definition) is 5. The molecule has 126 valence electrons. The van der Waals surface area contributed by atoms with E-state index in [1.807, 2.05) is 16.8 Å². The van der Waals surface area contributed by atoms with Gasteiger partial charge in [0, 0.05) is 11.4 Å². The Bertz CT molecular complexity index is 919. The Kier molecular flexibility index (Phi) is 4.69. The van der Waals surface area contributed by atoms with Crippen molar-refractivity contribution in [1.82, 2.24) is 19.7 Å². The lowest BCUT2D eigenvalue weighted by molar-refractivity contribution is 0.574. The third-order valence-electron chi connectivity index (χ3n) is 3.06. The molecule has 6 nitrogen and oxygen atoms in total. The summed E-state index contributed by atoms with van der Waals surface area (Å²) in [5.41, 5.74) is 1.29. The molecule has 0 aliphatic carbocycles. The minimum Gasteiger partial charge on any atom is -0.220 e. The van der Waals surface area contributed by atoms with Gasteiger partial charge in [0.1, 0.15) is 11.6 Å². The molecule has 1 aromatic carbocycles. The van der Waals surface area contributed by atoms with Crippen LogP contribution in [-0.2, 0) is 22.3 Å². The van der Waals surface area contributed by atoms with Gasteiger partial charge in [0.15, 0.2) is 0 Å². The quantitative estimate of drug-likeness (QED) is 0.722. The molecule has 0 radical (unpaired) electrons. The molecule has 0 atom stereocenters. The van der Waals surface area contributed by atoms with E-state index in [2.05, 4.69) is 15.0 Å². The van der Waals surface area contributed by atoms with Gasteiger partial charge in [0.2, 0.25) is 10.0 Å². The van der Waals surface area contributed by atoms with E-state index in [-0.39, 0.29) is 12.1 Å². The van der Waals surface area contributed by atoms with E-state index < -0.39 is 27.4 Å². The molecule has 0 bridgehead atoms. The van der Waals surface area contributed by atoms with Gasteiger partial charge < -0.3 is 0 Å². The zero-order valence-electron chi connectivity index (χ0n) is 12.2. The molecule has 0 saturated heterocycles. The van der Waals surface area contributed by atoms with Crippen LogP contribution >= 0.6 is 11.3 Å². The first-order chi connectivity index (χ1) is 11.4. The fourth-order valence-electron chi connectivity index (χ4n) is 2.04. The Morgan fingerprint density at radius 1 is 1.21 bits per heavy atom. The van der Waals surface area contributed by atoms with Crippen molar-refractivity contribution in [2.24, 2.45) is 0 Å². The summed E-state index contributed by atoms with van der Waals surface area (Å²) in [6, 6.07) is 4.50. The Morgan fingerprint density at radius 3 is 2.62 bits per heavy atom. The van der Waals surface area contributed by atoms with Crippen molar-refractivity contribution in [1.29, 1.82) is 0 Å². The van der Waals surface area contributed by atoms with Crippen LogP contribution < -0.4 is 4.72 Å². The SMILES string of the molecule is O=S(=O)(Cc1cc(F)cc(F)c1)NCc1cn(-c2ccsc2)nn1. The van der Waals surface area contributed by atoms with Crippen LogP contribution in [0.1, 0.15) is 11.3 Å². The fourth-order valence-corrected chi connectivity index (χ4v) is 3.74. The second kappa shape index (κ2) is 6.75. The summed E-state index contributed by atoms with van der Waals surface area (Å²) >= 11 is 1.50. The van der Waals surface area contributed by atoms with E-state index in [1.54, 1.807) is 6.20 Å². The molecule has 0 unspecified atom stereocenters. The molecule has 3 aromatic rings. The molecule has 24 heavy (non-hydrogen) atoms. The maximum Gasteiger partial charge on any atom is 0.216 e. The summed E-state index contributed by atoms with van der Waals surface area (Å²) in [7, 11) is -3.77. The lowest BCUT2D eigenvalue weighted by Gasteiger charge is -2.05. The molecule has 2 heterocycles. The molecule has 0 fully saturated rings. The summed E-state index contributed by atoms with van der Waals surface area (Å²) in [5.74, 6) is -2.17. The zero-order chi connectivity index (χ0) is 17.2. The summed E-state index contributed by atoms with van der Waals surface area (Å²) < 4.78 is 54.1. The summed E-state index contributed by atoms with van der Waals surface area (Å²) in [6.45, 7) is -0.0652. The maximum absolute atomic E-state index is 13.1. The number of rotatable bonds is 6. The molecule has 1 N–H and O–H groups in total. The van der Waals surface area contributed by atoms with Crippen LogP contribution in [0.4, 0.5) is 8.78 Å². The van der Waals surface area contributed by atoms with Crippen LogP contribution in [-0.4, -0.2) is 23.4 Å². The van der Waals surface area contributed by atoms with Crippen molar-refractivity contribution in [3.8, 4) is 5.69 Å². The smallest absolute Gasteiger partial charge is 0.216 e. The van der Waals surface area contributed by atoms with Crippen LogP contribution in [0.5, 0.6) is 0 Å². The number of thiophene rings is 1. The van der Waals surface area contributed by atoms with Crippen LogP contribution in [0, 0.1) is 11.6 Å². The molecule has 0 aliphatic heterocycles. The van der Waals surface area contributed by atoms with Gasteiger partial charge in [-0.1, -0.05) is 5.21 Å². The molecule has 0 saturated carbocycles. The molecule has 0 spiro atoms. The third kappa shape index (κ3) is 4.22. The van der Waals surface area contributed by atoms with E-state index in [4.69, 9.17) is 0 Å². The molecule has 0 aliphatic rings. The average Bonchev–Trinajstić information content (AvgIpc) is 3.15. The van der Waals surface area contributed by atoms with E-state index in [0.717, 1.165) is 17.8 Å². The van der Waals surface area contributed by atoms with Gasteiger partial charge in [-0.2, -0.15) is 11.3 Å². The van der Waals surface area contributed by atoms with E-state index in [9.17, 15) is 17.2 Å². The Hall–Kier alpha value is -2.17. The normalized spacial score (nSPS) is 11.8.